The normalized spacial score (nSPS) is 11.1. The molecular weight excluding hydrogens is 178 g/mol. The molecule has 1 rings (SSSR count). The Balaban J connectivity index is 2.90. The highest BCUT2D eigenvalue weighted by molar-refractivity contribution is 5.86. The van der Waals surface area contributed by atoms with E-state index in [0.717, 1.165) is 5.56 Å². The fourth-order valence-corrected chi connectivity index (χ4v) is 1.13. The van der Waals surface area contributed by atoms with Crippen LogP contribution in [-0.2, 0) is 10.2 Å². The lowest BCUT2D eigenvalue weighted by molar-refractivity contribution is -0.126. The van der Waals surface area contributed by atoms with Gasteiger partial charge >= 0.3 is 0 Å². The van der Waals surface area contributed by atoms with Crippen LogP contribution in [0.25, 0.3) is 0 Å². The summed E-state index contributed by atoms with van der Waals surface area (Å²) in [6, 6.07) is 3.71. The minimum Gasteiger partial charge on any atom is -0.291 e. The van der Waals surface area contributed by atoms with Crippen molar-refractivity contribution < 1.29 is 4.79 Å². The van der Waals surface area contributed by atoms with Crippen LogP contribution in [0.1, 0.15) is 19.4 Å². The van der Waals surface area contributed by atoms with Gasteiger partial charge in [0.15, 0.2) is 0 Å². The van der Waals surface area contributed by atoms with Crippen molar-refractivity contribution in [2.24, 2.45) is 0 Å². The van der Waals surface area contributed by atoms with Crippen molar-refractivity contribution in [2.45, 2.75) is 19.3 Å². The Morgan fingerprint density at radius 1 is 1.50 bits per heavy atom. The van der Waals surface area contributed by atoms with Gasteiger partial charge in [0.1, 0.15) is 0 Å². The summed E-state index contributed by atoms with van der Waals surface area (Å²) in [6.07, 6.45) is 3.39. The number of hydrogen-bond acceptors (Lipinski definition) is 3. The second kappa shape index (κ2) is 4.19. The second-order valence-corrected chi connectivity index (χ2v) is 3.57. The van der Waals surface area contributed by atoms with E-state index in [1.54, 1.807) is 19.4 Å². The van der Waals surface area contributed by atoms with Gasteiger partial charge in [-0.15, -0.1) is 0 Å². The molecule has 0 aliphatic heterocycles. The van der Waals surface area contributed by atoms with E-state index in [1.807, 2.05) is 26.0 Å². The summed E-state index contributed by atoms with van der Waals surface area (Å²) >= 11 is 0. The van der Waals surface area contributed by atoms with Crippen molar-refractivity contribution in [1.82, 2.24) is 15.8 Å². The van der Waals surface area contributed by atoms with E-state index in [4.69, 9.17) is 0 Å². The summed E-state index contributed by atoms with van der Waals surface area (Å²) in [5, 5.41) is 0. The van der Waals surface area contributed by atoms with Gasteiger partial charge in [0, 0.05) is 19.4 Å². The van der Waals surface area contributed by atoms with Gasteiger partial charge in [0.25, 0.3) is 0 Å². The molecule has 1 amide bonds. The van der Waals surface area contributed by atoms with Gasteiger partial charge in [0.05, 0.1) is 5.41 Å². The molecule has 0 bridgehead atoms. The first-order valence-corrected chi connectivity index (χ1v) is 4.46. The molecule has 0 fully saturated rings. The number of pyridine rings is 1. The lowest BCUT2D eigenvalue weighted by atomic mass is 9.85. The molecule has 1 aromatic heterocycles. The van der Waals surface area contributed by atoms with Crippen LogP contribution in [0, 0.1) is 0 Å². The molecule has 4 heteroatoms. The van der Waals surface area contributed by atoms with Gasteiger partial charge < -0.3 is 0 Å². The zero-order valence-electron chi connectivity index (χ0n) is 8.66. The number of nitrogens with zero attached hydrogens (tertiary/aromatic N) is 1. The molecule has 0 aliphatic carbocycles. The van der Waals surface area contributed by atoms with Crippen LogP contribution in [0.4, 0.5) is 0 Å². The molecule has 0 aliphatic rings. The van der Waals surface area contributed by atoms with E-state index in [0.29, 0.717) is 0 Å². The van der Waals surface area contributed by atoms with Crippen molar-refractivity contribution in [3.05, 3.63) is 30.1 Å². The van der Waals surface area contributed by atoms with E-state index in [1.165, 1.54) is 0 Å². The molecule has 0 aromatic carbocycles. The van der Waals surface area contributed by atoms with Crippen molar-refractivity contribution in [2.75, 3.05) is 7.05 Å². The molecule has 0 saturated carbocycles. The Kier molecular flexibility index (Phi) is 3.19. The summed E-state index contributed by atoms with van der Waals surface area (Å²) in [4.78, 5) is 15.7. The highest BCUT2D eigenvalue weighted by atomic mass is 16.2. The highest BCUT2D eigenvalue weighted by Gasteiger charge is 2.29. The summed E-state index contributed by atoms with van der Waals surface area (Å²) < 4.78 is 0. The Morgan fingerprint density at radius 3 is 2.71 bits per heavy atom. The molecule has 0 unspecified atom stereocenters. The molecular formula is C10H15N3O. The van der Waals surface area contributed by atoms with Gasteiger partial charge in [0.2, 0.25) is 5.91 Å². The van der Waals surface area contributed by atoms with Crippen LogP contribution in [0.5, 0.6) is 0 Å². The van der Waals surface area contributed by atoms with Crippen molar-refractivity contribution in [3.8, 4) is 0 Å². The third kappa shape index (κ3) is 2.09. The molecule has 0 spiro atoms. The van der Waals surface area contributed by atoms with Gasteiger partial charge in [-0.3, -0.25) is 15.2 Å². The first-order chi connectivity index (χ1) is 6.59. The van der Waals surface area contributed by atoms with Crippen LogP contribution in [0.3, 0.4) is 0 Å². The fraction of sp³-hybridized carbons (Fsp3) is 0.400. The van der Waals surface area contributed by atoms with E-state index in [2.05, 4.69) is 15.8 Å². The summed E-state index contributed by atoms with van der Waals surface area (Å²) in [7, 11) is 1.66. The zero-order valence-corrected chi connectivity index (χ0v) is 8.66. The van der Waals surface area contributed by atoms with E-state index >= 15 is 0 Å². The van der Waals surface area contributed by atoms with E-state index in [-0.39, 0.29) is 5.91 Å². The number of hydrazine groups is 1. The largest absolute Gasteiger partial charge is 0.291 e. The number of aromatic nitrogens is 1. The molecule has 2 N–H and O–H groups in total. The lowest BCUT2D eigenvalue weighted by Crippen LogP contribution is -2.45. The number of nitrogens with one attached hydrogen (secondary N) is 2. The average molecular weight is 193 g/mol. The Labute approximate surface area is 83.7 Å². The van der Waals surface area contributed by atoms with Crippen LogP contribution < -0.4 is 10.9 Å². The quantitative estimate of drug-likeness (QED) is 0.691. The summed E-state index contributed by atoms with van der Waals surface area (Å²) in [5.74, 6) is -0.0759. The predicted octanol–water partition coefficient (Wildman–Crippen LogP) is 0.610. The SMILES string of the molecule is CNNC(=O)C(C)(C)c1cccnc1. The van der Waals surface area contributed by atoms with Crippen LogP contribution in [0.15, 0.2) is 24.5 Å². The molecule has 0 radical (unpaired) electrons. The topological polar surface area (TPSA) is 54.0 Å². The van der Waals surface area contributed by atoms with Gasteiger partial charge in [-0.1, -0.05) is 6.07 Å². The van der Waals surface area contributed by atoms with E-state index in [9.17, 15) is 4.79 Å². The van der Waals surface area contributed by atoms with Gasteiger partial charge in [-0.05, 0) is 25.5 Å². The molecule has 0 atom stereocenters. The van der Waals surface area contributed by atoms with Crippen molar-refractivity contribution >= 4 is 5.91 Å². The standard InChI is InChI=1S/C10H15N3O/c1-10(2,9(14)13-11-3)8-5-4-6-12-7-8/h4-7,11H,1-3H3,(H,13,14). The summed E-state index contributed by atoms with van der Waals surface area (Å²) in [6.45, 7) is 3.72. The average Bonchev–Trinajstić information content (AvgIpc) is 2.19. The molecule has 1 aromatic rings. The minimum atomic E-state index is -0.572. The smallest absolute Gasteiger partial charge is 0.244 e. The van der Waals surface area contributed by atoms with Gasteiger partial charge in [-0.2, -0.15) is 0 Å². The second-order valence-electron chi connectivity index (χ2n) is 3.57. The molecule has 14 heavy (non-hydrogen) atoms. The maximum absolute atomic E-state index is 11.7. The lowest BCUT2D eigenvalue weighted by Gasteiger charge is -2.23. The number of amides is 1. The third-order valence-corrected chi connectivity index (χ3v) is 2.19. The maximum atomic E-state index is 11.7. The minimum absolute atomic E-state index is 0.0759. The molecule has 1 heterocycles. The maximum Gasteiger partial charge on any atom is 0.244 e. The Hall–Kier alpha value is -1.42. The van der Waals surface area contributed by atoms with Gasteiger partial charge in [-0.25, -0.2) is 5.43 Å². The highest BCUT2D eigenvalue weighted by Crippen LogP contribution is 2.21. The van der Waals surface area contributed by atoms with Crippen molar-refractivity contribution in [3.63, 3.8) is 0 Å². The third-order valence-electron chi connectivity index (χ3n) is 2.19. The zero-order chi connectivity index (χ0) is 10.6. The first kappa shape index (κ1) is 10.7. The number of carbonyl (C=O) groups excluding carboxylic acids is 1. The first-order valence-electron chi connectivity index (χ1n) is 4.46. The number of rotatable bonds is 3. The molecule has 0 saturated heterocycles. The molecule has 76 valence electrons. The van der Waals surface area contributed by atoms with E-state index < -0.39 is 5.41 Å². The fourth-order valence-electron chi connectivity index (χ4n) is 1.13. The van der Waals surface area contributed by atoms with Crippen LogP contribution in [-0.4, -0.2) is 17.9 Å². The monoisotopic (exact) mass is 193 g/mol. The van der Waals surface area contributed by atoms with Crippen molar-refractivity contribution in [1.29, 1.82) is 0 Å². The van der Waals surface area contributed by atoms with Crippen LogP contribution >= 0.6 is 0 Å². The molecule has 4 nitrogen and oxygen atoms in total. The number of hydrogen-bond donors (Lipinski definition) is 2. The predicted molar refractivity (Wildman–Crippen MR) is 54.5 cm³/mol. The summed E-state index contributed by atoms with van der Waals surface area (Å²) in [5.41, 5.74) is 5.51. The Morgan fingerprint density at radius 2 is 2.21 bits per heavy atom. The Bertz CT molecular complexity index is 308. The van der Waals surface area contributed by atoms with Crippen LogP contribution in [0.2, 0.25) is 0 Å². The number of carbonyl (C=O) groups is 1.